The van der Waals surface area contributed by atoms with Gasteiger partial charge in [0.25, 0.3) is 0 Å². The van der Waals surface area contributed by atoms with E-state index in [9.17, 15) is 0 Å². The van der Waals surface area contributed by atoms with Crippen molar-refractivity contribution in [2.24, 2.45) is 0 Å². The largest absolute Gasteiger partial charge is 0.399 e. The molecule has 3 heteroatoms. The molecule has 0 fully saturated rings. The molecule has 0 unspecified atom stereocenters. The summed E-state index contributed by atoms with van der Waals surface area (Å²) >= 11 is 1.84. The molecule has 0 amide bonds. The summed E-state index contributed by atoms with van der Waals surface area (Å²) in [5.74, 6) is 0. The van der Waals surface area contributed by atoms with E-state index in [1.807, 2.05) is 41.9 Å². The van der Waals surface area contributed by atoms with Crippen molar-refractivity contribution in [2.75, 3.05) is 5.73 Å². The molecule has 5 aromatic rings. The zero-order valence-corrected chi connectivity index (χ0v) is 14.8. The molecule has 0 aliphatic heterocycles. The van der Waals surface area contributed by atoms with Crippen LogP contribution in [-0.2, 0) is 0 Å². The van der Waals surface area contributed by atoms with Crippen LogP contribution in [0.25, 0.3) is 42.4 Å². The highest BCUT2D eigenvalue weighted by molar-refractivity contribution is 7.26. The molecule has 2 heterocycles. The predicted octanol–water partition coefficient (Wildman–Crippen LogP) is 6.37. The third-order valence-corrected chi connectivity index (χ3v) is 5.90. The minimum atomic E-state index is 0.771. The van der Waals surface area contributed by atoms with E-state index in [4.69, 9.17) is 5.73 Å². The lowest BCUT2D eigenvalue weighted by atomic mass is 9.97. The van der Waals surface area contributed by atoms with Gasteiger partial charge in [-0.2, -0.15) is 0 Å². The van der Waals surface area contributed by atoms with Gasteiger partial charge in [0.15, 0.2) is 0 Å². The lowest BCUT2D eigenvalue weighted by molar-refractivity contribution is 1.33. The van der Waals surface area contributed by atoms with Crippen LogP contribution >= 0.6 is 11.3 Å². The molecule has 2 aromatic heterocycles. The molecule has 124 valence electrons. The number of hydrogen-bond acceptors (Lipinski definition) is 3. The minimum absolute atomic E-state index is 0.771. The van der Waals surface area contributed by atoms with E-state index in [2.05, 4.69) is 59.6 Å². The van der Waals surface area contributed by atoms with E-state index >= 15 is 0 Å². The average Bonchev–Trinajstić information content (AvgIpc) is 3.07. The Morgan fingerprint density at radius 2 is 1.46 bits per heavy atom. The highest BCUT2D eigenvalue weighted by Crippen LogP contribution is 2.40. The second-order valence-corrected chi connectivity index (χ2v) is 7.41. The number of nitrogens with two attached hydrogens (primary N) is 1. The number of rotatable bonds is 2. The van der Waals surface area contributed by atoms with Crippen LogP contribution in [-0.4, -0.2) is 4.98 Å². The molecule has 2 N–H and O–H groups in total. The molecular formula is C23H16N2S. The lowest BCUT2D eigenvalue weighted by Gasteiger charge is -2.09. The monoisotopic (exact) mass is 352 g/mol. The Morgan fingerprint density at radius 3 is 2.35 bits per heavy atom. The van der Waals surface area contributed by atoms with Gasteiger partial charge in [-0.15, -0.1) is 11.3 Å². The van der Waals surface area contributed by atoms with Gasteiger partial charge in [0.1, 0.15) is 0 Å². The van der Waals surface area contributed by atoms with E-state index in [0.717, 1.165) is 22.4 Å². The Hall–Kier alpha value is -3.17. The number of pyridine rings is 1. The van der Waals surface area contributed by atoms with Crippen molar-refractivity contribution in [1.82, 2.24) is 4.98 Å². The van der Waals surface area contributed by atoms with Crippen molar-refractivity contribution in [3.8, 4) is 22.3 Å². The summed E-state index contributed by atoms with van der Waals surface area (Å²) in [5, 5.41) is 2.61. The van der Waals surface area contributed by atoms with Gasteiger partial charge >= 0.3 is 0 Å². The first-order valence-electron chi connectivity index (χ1n) is 8.51. The zero-order valence-electron chi connectivity index (χ0n) is 14.0. The Morgan fingerprint density at radius 1 is 0.692 bits per heavy atom. The second-order valence-electron chi connectivity index (χ2n) is 6.36. The Bertz CT molecular complexity index is 1240. The minimum Gasteiger partial charge on any atom is -0.399 e. The van der Waals surface area contributed by atoms with Gasteiger partial charge in [0, 0.05) is 38.3 Å². The van der Waals surface area contributed by atoms with Gasteiger partial charge in [-0.3, -0.25) is 4.98 Å². The van der Waals surface area contributed by atoms with Crippen molar-refractivity contribution in [2.45, 2.75) is 0 Å². The van der Waals surface area contributed by atoms with Crippen LogP contribution in [0.2, 0.25) is 0 Å². The van der Waals surface area contributed by atoms with E-state index in [1.165, 1.54) is 25.7 Å². The first-order chi connectivity index (χ1) is 12.8. The van der Waals surface area contributed by atoms with Crippen LogP contribution in [0.1, 0.15) is 0 Å². The number of benzene rings is 3. The molecule has 0 spiro atoms. The van der Waals surface area contributed by atoms with Crippen LogP contribution in [0.5, 0.6) is 0 Å². The van der Waals surface area contributed by atoms with Crippen molar-refractivity contribution in [1.29, 1.82) is 0 Å². The summed E-state index contributed by atoms with van der Waals surface area (Å²) in [4.78, 5) is 4.11. The first kappa shape index (κ1) is 15.1. The summed E-state index contributed by atoms with van der Waals surface area (Å²) in [6.45, 7) is 0. The maximum atomic E-state index is 6.24. The Labute approximate surface area is 155 Å². The van der Waals surface area contributed by atoms with E-state index in [1.54, 1.807) is 0 Å². The lowest BCUT2D eigenvalue weighted by Crippen LogP contribution is -1.89. The SMILES string of the molecule is Nc1cc(-c2ccncc2)cc(-c2cccc3c2sc2ccccc23)c1. The first-order valence-corrected chi connectivity index (χ1v) is 9.33. The smallest absolute Gasteiger partial charge is 0.0433 e. The number of nitrogen functional groups attached to an aromatic ring is 1. The normalized spacial score (nSPS) is 11.2. The van der Waals surface area contributed by atoms with Gasteiger partial charge in [-0.25, -0.2) is 0 Å². The highest BCUT2D eigenvalue weighted by Gasteiger charge is 2.11. The molecule has 3 aromatic carbocycles. The maximum absolute atomic E-state index is 6.24. The molecule has 0 aliphatic carbocycles. The predicted molar refractivity (Wildman–Crippen MR) is 112 cm³/mol. The molecule has 0 saturated carbocycles. The summed E-state index contributed by atoms with van der Waals surface area (Å²) in [7, 11) is 0. The van der Waals surface area contributed by atoms with Crippen LogP contribution in [0, 0.1) is 0 Å². The summed E-state index contributed by atoms with van der Waals surface area (Å²) in [6, 6.07) is 25.4. The van der Waals surface area contributed by atoms with Gasteiger partial charge in [0.05, 0.1) is 0 Å². The molecule has 0 atom stereocenters. The molecule has 0 saturated heterocycles. The zero-order chi connectivity index (χ0) is 17.5. The highest BCUT2D eigenvalue weighted by atomic mass is 32.1. The molecule has 0 aliphatic rings. The van der Waals surface area contributed by atoms with Crippen molar-refractivity contribution in [3.63, 3.8) is 0 Å². The number of hydrogen-bond donors (Lipinski definition) is 1. The summed E-state index contributed by atoms with van der Waals surface area (Å²) in [5.41, 5.74) is 11.6. The number of thiophene rings is 1. The number of nitrogens with zero attached hydrogens (tertiary/aromatic N) is 1. The molecule has 5 rings (SSSR count). The van der Waals surface area contributed by atoms with Crippen molar-refractivity contribution in [3.05, 3.63) is 85.2 Å². The number of anilines is 1. The van der Waals surface area contributed by atoms with Gasteiger partial charge in [-0.1, -0.05) is 36.4 Å². The number of aromatic nitrogens is 1. The van der Waals surface area contributed by atoms with Crippen LogP contribution in [0.15, 0.2) is 85.2 Å². The average molecular weight is 352 g/mol. The topological polar surface area (TPSA) is 38.9 Å². The van der Waals surface area contributed by atoms with E-state index in [-0.39, 0.29) is 0 Å². The third kappa shape index (κ3) is 2.45. The fourth-order valence-electron chi connectivity index (χ4n) is 3.49. The molecule has 0 radical (unpaired) electrons. The summed E-state index contributed by atoms with van der Waals surface area (Å²) < 4.78 is 2.62. The van der Waals surface area contributed by atoms with Crippen LogP contribution in [0.3, 0.4) is 0 Å². The Balaban J connectivity index is 1.77. The molecule has 0 bridgehead atoms. The summed E-state index contributed by atoms with van der Waals surface area (Å²) in [6.07, 6.45) is 3.62. The fourth-order valence-corrected chi connectivity index (χ4v) is 4.73. The van der Waals surface area contributed by atoms with Gasteiger partial charge in [0.2, 0.25) is 0 Å². The van der Waals surface area contributed by atoms with E-state index < -0.39 is 0 Å². The Kier molecular flexibility index (Phi) is 3.47. The molecule has 2 nitrogen and oxygen atoms in total. The standard InChI is InChI=1S/C23H16N2S/c24-18-13-16(15-8-10-25-11-9-15)12-17(14-18)19-5-3-6-21-20-4-1-2-7-22(20)26-23(19)21/h1-14H,24H2. The van der Waals surface area contributed by atoms with Gasteiger partial charge in [-0.05, 0) is 58.7 Å². The number of fused-ring (bicyclic) bond motifs is 3. The molecule has 26 heavy (non-hydrogen) atoms. The quantitative estimate of drug-likeness (QED) is 0.375. The van der Waals surface area contributed by atoms with Crippen LogP contribution < -0.4 is 5.73 Å². The van der Waals surface area contributed by atoms with E-state index in [0.29, 0.717) is 0 Å². The third-order valence-electron chi connectivity index (χ3n) is 4.68. The van der Waals surface area contributed by atoms with Gasteiger partial charge < -0.3 is 5.73 Å². The molecular weight excluding hydrogens is 336 g/mol. The fraction of sp³-hybridized carbons (Fsp3) is 0. The second kappa shape index (κ2) is 5.97. The van der Waals surface area contributed by atoms with Crippen LogP contribution in [0.4, 0.5) is 5.69 Å². The maximum Gasteiger partial charge on any atom is 0.0433 e. The van der Waals surface area contributed by atoms with Crippen molar-refractivity contribution < 1.29 is 0 Å². The van der Waals surface area contributed by atoms with Crippen molar-refractivity contribution >= 4 is 37.2 Å².